The Kier molecular flexibility index (Phi) is 6.31. The van der Waals surface area contributed by atoms with E-state index in [1.54, 1.807) is 7.11 Å². The average molecular weight is 341 g/mol. The van der Waals surface area contributed by atoms with Crippen LogP contribution in [0.3, 0.4) is 0 Å². The predicted octanol–water partition coefficient (Wildman–Crippen LogP) is 3.19. The average Bonchev–Trinajstić information content (AvgIpc) is 2.65. The van der Waals surface area contributed by atoms with Gasteiger partial charge in [0, 0.05) is 13.1 Å². The molecule has 0 amide bonds. The molecule has 1 aliphatic rings. The largest absolute Gasteiger partial charge is 0.496 e. The van der Waals surface area contributed by atoms with Crippen LogP contribution >= 0.6 is 0 Å². The van der Waals surface area contributed by atoms with Crippen molar-refractivity contribution in [1.29, 1.82) is 0 Å². The van der Waals surface area contributed by atoms with Crippen LogP contribution in [0.2, 0.25) is 0 Å². The van der Waals surface area contributed by atoms with Crippen molar-refractivity contribution in [3.8, 4) is 11.5 Å². The molecule has 0 radical (unpaired) electrons. The molecule has 2 aromatic carbocycles. The Balaban J connectivity index is 1.60. The fourth-order valence-electron chi connectivity index (χ4n) is 3.18. The number of ether oxygens (including phenoxy) is 3. The molecule has 1 heterocycles. The lowest BCUT2D eigenvalue weighted by molar-refractivity contribution is -0.0404. The van der Waals surface area contributed by atoms with Crippen molar-refractivity contribution in [3.05, 3.63) is 59.7 Å². The van der Waals surface area contributed by atoms with Gasteiger partial charge in [0.1, 0.15) is 24.2 Å². The lowest BCUT2D eigenvalue weighted by atomic mass is 10.0. The number of morpholine rings is 1. The number of para-hydroxylation sites is 2. The minimum Gasteiger partial charge on any atom is -0.496 e. The van der Waals surface area contributed by atoms with Crippen molar-refractivity contribution >= 4 is 0 Å². The first-order chi connectivity index (χ1) is 12.3. The number of hydrogen-bond acceptors (Lipinski definition) is 4. The zero-order chi connectivity index (χ0) is 17.5. The van der Waals surface area contributed by atoms with Crippen molar-refractivity contribution in [2.45, 2.75) is 18.9 Å². The van der Waals surface area contributed by atoms with Crippen LogP contribution in [0.25, 0.3) is 0 Å². The molecule has 1 fully saturated rings. The highest BCUT2D eigenvalue weighted by Gasteiger charge is 2.18. The maximum Gasteiger partial charge on any atom is 0.122 e. The van der Waals surface area contributed by atoms with E-state index >= 15 is 0 Å². The molecule has 0 aromatic heterocycles. The normalized spacial score (nSPS) is 18.1. The standard InChI is InChI=1S/C21H27NO3/c1-22-13-14-24-19(15-22)16-25-21-10-6-4-8-18(21)12-11-17-7-3-5-9-20(17)23-2/h3-10,19H,11-16H2,1-2H3/t19-/m0/s1. The molecule has 1 aliphatic heterocycles. The highest BCUT2D eigenvalue weighted by Crippen LogP contribution is 2.24. The lowest BCUT2D eigenvalue weighted by Gasteiger charge is -2.30. The SMILES string of the molecule is COc1ccccc1CCc1ccccc1OC[C@@H]1CN(C)CCO1. The molecule has 0 bridgehead atoms. The summed E-state index contributed by atoms with van der Waals surface area (Å²) >= 11 is 0. The van der Waals surface area contributed by atoms with Gasteiger partial charge in [0.05, 0.1) is 13.7 Å². The monoisotopic (exact) mass is 341 g/mol. The van der Waals surface area contributed by atoms with Gasteiger partial charge >= 0.3 is 0 Å². The quantitative estimate of drug-likeness (QED) is 0.774. The number of likely N-dealkylation sites (N-methyl/N-ethyl adjacent to an activating group) is 1. The molecule has 0 aliphatic carbocycles. The second-order valence-corrected chi connectivity index (χ2v) is 6.49. The summed E-state index contributed by atoms with van der Waals surface area (Å²) in [7, 11) is 3.84. The van der Waals surface area contributed by atoms with E-state index in [0.717, 1.165) is 44.0 Å². The maximum absolute atomic E-state index is 6.09. The fraction of sp³-hybridized carbons (Fsp3) is 0.429. The summed E-state index contributed by atoms with van der Waals surface area (Å²) in [6.45, 7) is 3.28. The summed E-state index contributed by atoms with van der Waals surface area (Å²) in [5, 5.41) is 0. The molecule has 134 valence electrons. The van der Waals surface area contributed by atoms with Crippen LogP contribution in [0.15, 0.2) is 48.5 Å². The molecule has 0 unspecified atom stereocenters. The Bertz CT molecular complexity index is 674. The smallest absolute Gasteiger partial charge is 0.122 e. The number of aryl methyl sites for hydroxylation is 2. The number of benzene rings is 2. The molecule has 25 heavy (non-hydrogen) atoms. The highest BCUT2D eigenvalue weighted by atomic mass is 16.5. The van der Waals surface area contributed by atoms with E-state index in [0.29, 0.717) is 6.61 Å². The van der Waals surface area contributed by atoms with Gasteiger partial charge in [-0.2, -0.15) is 0 Å². The predicted molar refractivity (Wildman–Crippen MR) is 99.6 cm³/mol. The summed E-state index contributed by atoms with van der Waals surface area (Å²) in [5.41, 5.74) is 2.44. The van der Waals surface area contributed by atoms with E-state index in [9.17, 15) is 0 Å². The van der Waals surface area contributed by atoms with Gasteiger partial charge < -0.3 is 19.1 Å². The zero-order valence-electron chi connectivity index (χ0n) is 15.1. The Morgan fingerprint density at radius 3 is 2.32 bits per heavy atom. The van der Waals surface area contributed by atoms with Crippen molar-refractivity contribution in [2.24, 2.45) is 0 Å². The number of methoxy groups -OCH3 is 1. The van der Waals surface area contributed by atoms with Crippen LogP contribution in [0.4, 0.5) is 0 Å². The molecule has 1 saturated heterocycles. The zero-order valence-corrected chi connectivity index (χ0v) is 15.1. The molecule has 2 aromatic rings. The Morgan fingerprint density at radius 1 is 1.00 bits per heavy atom. The van der Waals surface area contributed by atoms with Gasteiger partial charge in [0.25, 0.3) is 0 Å². The molecule has 4 nitrogen and oxygen atoms in total. The van der Waals surface area contributed by atoms with E-state index < -0.39 is 0 Å². The first-order valence-electron chi connectivity index (χ1n) is 8.89. The Morgan fingerprint density at radius 2 is 1.64 bits per heavy atom. The second-order valence-electron chi connectivity index (χ2n) is 6.49. The Hall–Kier alpha value is -2.04. The fourth-order valence-corrected chi connectivity index (χ4v) is 3.18. The minimum absolute atomic E-state index is 0.140. The van der Waals surface area contributed by atoms with E-state index in [1.807, 2.05) is 24.3 Å². The molecule has 4 heteroatoms. The van der Waals surface area contributed by atoms with E-state index in [4.69, 9.17) is 14.2 Å². The molecule has 0 saturated carbocycles. The maximum atomic E-state index is 6.09. The van der Waals surface area contributed by atoms with E-state index in [-0.39, 0.29) is 6.10 Å². The molecule has 3 rings (SSSR count). The van der Waals surface area contributed by atoms with Crippen molar-refractivity contribution in [2.75, 3.05) is 40.5 Å². The summed E-state index contributed by atoms with van der Waals surface area (Å²) in [4.78, 5) is 2.28. The lowest BCUT2D eigenvalue weighted by Crippen LogP contribution is -2.42. The van der Waals surface area contributed by atoms with Crippen LogP contribution in [0, 0.1) is 0 Å². The van der Waals surface area contributed by atoms with Crippen molar-refractivity contribution in [1.82, 2.24) is 4.90 Å². The van der Waals surface area contributed by atoms with Crippen LogP contribution < -0.4 is 9.47 Å². The van der Waals surface area contributed by atoms with Gasteiger partial charge in [-0.1, -0.05) is 36.4 Å². The van der Waals surface area contributed by atoms with Gasteiger partial charge in [-0.05, 0) is 43.1 Å². The van der Waals surface area contributed by atoms with Crippen LogP contribution in [-0.4, -0.2) is 51.5 Å². The van der Waals surface area contributed by atoms with Crippen LogP contribution in [-0.2, 0) is 17.6 Å². The van der Waals surface area contributed by atoms with Crippen molar-refractivity contribution < 1.29 is 14.2 Å². The highest BCUT2D eigenvalue weighted by molar-refractivity contribution is 5.37. The summed E-state index contributed by atoms with van der Waals surface area (Å²) in [5.74, 6) is 1.90. The van der Waals surface area contributed by atoms with Gasteiger partial charge in [-0.25, -0.2) is 0 Å². The number of hydrogen-bond donors (Lipinski definition) is 0. The van der Waals surface area contributed by atoms with Gasteiger partial charge in [-0.15, -0.1) is 0 Å². The summed E-state index contributed by atoms with van der Waals surface area (Å²) in [6.07, 6.45) is 1.98. The summed E-state index contributed by atoms with van der Waals surface area (Å²) < 4.78 is 17.3. The summed E-state index contributed by atoms with van der Waals surface area (Å²) in [6, 6.07) is 16.5. The van der Waals surface area contributed by atoms with Gasteiger partial charge in [-0.3, -0.25) is 0 Å². The second kappa shape index (κ2) is 8.88. The third-order valence-corrected chi connectivity index (χ3v) is 4.60. The third-order valence-electron chi connectivity index (χ3n) is 4.60. The van der Waals surface area contributed by atoms with Gasteiger partial charge in [0.2, 0.25) is 0 Å². The molecule has 1 atom stereocenters. The van der Waals surface area contributed by atoms with E-state index in [1.165, 1.54) is 11.1 Å². The van der Waals surface area contributed by atoms with Gasteiger partial charge in [0.15, 0.2) is 0 Å². The van der Waals surface area contributed by atoms with Crippen LogP contribution in [0.5, 0.6) is 11.5 Å². The first kappa shape index (κ1) is 17.8. The molecular formula is C21H27NO3. The number of nitrogens with zero attached hydrogens (tertiary/aromatic N) is 1. The number of rotatable bonds is 7. The minimum atomic E-state index is 0.140. The Labute approximate surface area is 150 Å². The molecule has 0 spiro atoms. The topological polar surface area (TPSA) is 30.9 Å². The third kappa shape index (κ3) is 4.97. The van der Waals surface area contributed by atoms with Crippen molar-refractivity contribution in [3.63, 3.8) is 0 Å². The molecule has 0 N–H and O–H groups in total. The van der Waals surface area contributed by atoms with E-state index in [2.05, 4.69) is 36.2 Å². The first-order valence-corrected chi connectivity index (χ1v) is 8.89. The van der Waals surface area contributed by atoms with Crippen LogP contribution in [0.1, 0.15) is 11.1 Å². The molecular weight excluding hydrogens is 314 g/mol.